The first-order valence-electron chi connectivity index (χ1n) is 12.3. The van der Waals surface area contributed by atoms with Crippen molar-refractivity contribution in [3.63, 3.8) is 0 Å². The number of aromatic amines is 1. The van der Waals surface area contributed by atoms with Crippen LogP contribution in [0.2, 0.25) is 0 Å². The number of carbonyl (C=O) groups is 1. The summed E-state index contributed by atoms with van der Waals surface area (Å²) in [5, 5.41) is 0. The van der Waals surface area contributed by atoms with E-state index < -0.39 is 23.3 Å². The Labute approximate surface area is 215 Å². The van der Waals surface area contributed by atoms with Crippen molar-refractivity contribution in [3.8, 4) is 5.75 Å². The van der Waals surface area contributed by atoms with Crippen LogP contribution in [0, 0.1) is 12.8 Å². The Morgan fingerprint density at radius 2 is 1.70 bits per heavy atom. The van der Waals surface area contributed by atoms with Gasteiger partial charge in [-0.15, -0.1) is 0 Å². The van der Waals surface area contributed by atoms with Crippen LogP contribution in [-0.4, -0.2) is 26.2 Å². The maximum absolute atomic E-state index is 13.5. The quantitative estimate of drug-likeness (QED) is 0.426. The Bertz CT molecular complexity index is 1430. The number of hydrogen-bond acceptors (Lipinski definition) is 7. The minimum absolute atomic E-state index is 0.0219. The molecule has 3 aromatic rings. The Morgan fingerprint density at radius 3 is 2.27 bits per heavy atom. The number of benzene rings is 2. The molecule has 0 bridgehead atoms. The third-order valence-electron chi connectivity index (χ3n) is 5.90. The van der Waals surface area contributed by atoms with E-state index in [-0.39, 0.29) is 24.8 Å². The van der Waals surface area contributed by atoms with Gasteiger partial charge in [-0.3, -0.25) is 14.3 Å². The molecule has 10 nitrogen and oxygen atoms in total. The van der Waals surface area contributed by atoms with E-state index in [0.717, 1.165) is 21.4 Å². The van der Waals surface area contributed by atoms with Gasteiger partial charge in [-0.1, -0.05) is 45.0 Å². The molecule has 0 fully saturated rings. The fraction of sp³-hybridized carbons (Fsp3) is 0.407. The fourth-order valence-corrected chi connectivity index (χ4v) is 3.81. The van der Waals surface area contributed by atoms with Crippen molar-refractivity contribution in [2.24, 2.45) is 16.8 Å². The predicted octanol–water partition coefficient (Wildman–Crippen LogP) is 2.89. The number of nitrogens with one attached hydrogen (secondary N) is 1. The highest BCUT2D eigenvalue weighted by atomic mass is 16.7. The number of ether oxygens (including phenoxy) is 1. The van der Waals surface area contributed by atoms with Gasteiger partial charge in [-0.2, -0.15) is 5.90 Å². The fourth-order valence-electron chi connectivity index (χ4n) is 3.81. The maximum atomic E-state index is 13.5. The summed E-state index contributed by atoms with van der Waals surface area (Å²) in [5.41, 5.74) is 2.23. The molecule has 198 valence electrons. The van der Waals surface area contributed by atoms with Crippen LogP contribution in [0.1, 0.15) is 57.2 Å². The second-order valence-electron chi connectivity index (χ2n) is 9.70. The van der Waals surface area contributed by atoms with E-state index in [2.05, 4.69) is 28.7 Å². The highest BCUT2D eigenvalue weighted by molar-refractivity contribution is 5.71. The van der Waals surface area contributed by atoms with Gasteiger partial charge in [-0.25, -0.2) is 19.1 Å². The van der Waals surface area contributed by atoms with Crippen LogP contribution in [0.3, 0.4) is 0 Å². The van der Waals surface area contributed by atoms with Crippen LogP contribution in [0.15, 0.2) is 57.0 Å². The van der Waals surface area contributed by atoms with Crippen LogP contribution in [-0.2, 0) is 22.7 Å². The molecule has 37 heavy (non-hydrogen) atoms. The number of nitrogens with two attached hydrogens (primary N) is 1. The summed E-state index contributed by atoms with van der Waals surface area (Å²) in [6.07, 6.45) is 0.0219. The highest BCUT2D eigenvalue weighted by Crippen LogP contribution is 2.24. The van der Waals surface area contributed by atoms with Crippen molar-refractivity contribution in [3.05, 3.63) is 85.7 Å². The van der Waals surface area contributed by atoms with Crippen molar-refractivity contribution in [1.82, 2.24) is 14.1 Å². The Morgan fingerprint density at radius 1 is 1.03 bits per heavy atom. The first kappa shape index (κ1) is 27.7. The van der Waals surface area contributed by atoms with Gasteiger partial charge in [-0.05, 0) is 61.6 Å². The summed E-state index contributed by atoms with van der Waals surface area (Å²) in [7, 11) is 0. The monoisotopic (exact) mass is 509 g/mol. The summed E-state index contributed by atoms with van der Waals surface area (Å²) in [6.45, 7) is 11.5. The van der Waals surface area contributed by atoms with Crippen molar-refractivity contribution in [1.29, 1.82) is 0 Å². The molecule has 3 N–H and O–H groups in total. The molecule has 0 spiro atoms. The lowest BCUT2D eigenvalue weighted by Crippen LogP contribution is -2.51. The molecule has 10 heteroatoms. The minimum Gasteiger partial charge on any atom is -0.491 e. The average Bonchev–Trinajstić information content (AvgIpc) is 2.85. The largest absolute Gasteiger partial charge is 0.491 e. The molecule has 0 aliphatic heterocycles. The van der Waals surface area contributed by atoms with Gasteiger partial charge in [0.1, 0.15) is 5.75 Å². The van der Waals surface area contributed by atoms with Crippen molar-refractivity contribution in [2.45, 2.75) is 66.7 Å². The van der Waals surface area contributed by atoms with Gasteiger partial charge < -0.3 is 9.57 Å². The third-order valence-corrected chi connectivity index (χ3v) is 5.90. The van der Waals surface area contributed by atoms with Gasteiger partial charge in [0, 0.05) is 6.54 Å². The lowest BCUT2D eigenvalue weighted by atomic mass is 10.0. The molecule has 1 aromatic heterocycles. The van der Waals surface area contributed by atoms with Crippen LogP contribution in [0.5, 0.6) is 5.75 Å². The second-order valence-corrected chi connectivity index (χ2v) is 9.70. The molecule has 1 heterocycles. The van der Waals surface area contributed by atoms with Gasteiger partial charge >= 0.3 is 17.3 Å². The molecule has 3 rings (SSSR count). The van der Waals surface area contributed by atoms with Crippen molar-refractivity contribution < 1.29 is 14.4 Å². The Balaban J connectivity index is 2.14. The van der Waals surface area contributed by atoms with E-state index in [9.17, 15) is 14.4 Å². The smallest absolute Gasteiger partial charge is 0.335 e. The summed E-state index contributed by atoms with van der Waals surface area (Å²) < 4.78 is 8.12. The second kappa shape index (κ2) is 11.9. The molecule has 0 radical (unpaired) electrons. The average molecular weight is 510 g/mol. The zero-order valence-electron chi connectivity index (χ0n) is 22.1. The van der Waals surface area contributed by atoms with Crippen LogP contribution in [0.25, 0.3) is 0 Å². The minimum atomic E-state index is -0.804. The van der Waals surface area contributed by atoms with E-state index in [1.807, 2.05) is 57.2 Å². The van der Waals surface area contributed by atoms with E-state index in [0.29, 0.717) is 11.6 Å². The van der Waals surface area contributed by atoms with E-state index in [1.54, 1.807) is 6.07 Å². The van der Waals surface area contributed by atoms with Gasteiger partial charge in [0.15, 0.2) is 0 Å². The lowest BCUT2D eigenvalue weighted by Gasteiger charge is -2.14. The third kappa shape index (κ3) is 6.85. The topological polar surface area (TPSA) is 134 Å². The number of aryl methyl sites for hydroxylation is 1. The molecule has 0 saturated heterocycles. The van der Waals surface area contributed by atoms with Gasteiger partial charge in [0.05, 0.1) is 24.3 Å². The van der Waals surface area contributed by atoms with Crippen molar-refractivity contribution in [2.75, 3.05) is 0 Å². The molecular weight excluding hydrogens is 474 g/mol. The molecule has 0 unspecified atom stereocenters. The number of H-pyrrole nitrogens is 1. The van der Waals surface area contributed by atoms with E-state index >= 15 is 0 Å². The summed E-state index contributed by atoms with van der Waals surface area (Å²) in [4.78, 5) is 49.8. The van der Waals surface area contributed by atoms with Crippen LogP contribution >= 0.6 is 0 Å². The SMILES string of the molecule is Cc1cc(/N=c2\[nH]c(=O)n(C[C@H](C)C(=O)ON)c(=O)n2Cc2ccc(C(C)C)cc2)ccc1OC(C)C. The number of rotatable bonds is 9. The lowest BCUT2D eigenvalue weighted by molar-refractivity contribution is -0.149. The zero-order valence-corrected chi connectivity index (χ0v) is 22.1. The normalized spacial score (nSPS) is 12.7. The molecular formula is C27H35N5O5. The van der Waals surface area contributed by atoms with E-state index in [4.69, 9.17) is 10.6 Å². The first-order chi connectivity index (χ1) is 17.5. The van der Waals surface area contributed by atoms with Gasteiger partial charge in [0.2, 0.25) is 5.62 Å². The zero-order chi connectivity index (χ0) is 27.3. The van der Waals surface area contributed by atoms with Crippen LogP contribution < -0.4 is 27.6 Å². The maximum Gasteiger partial charge on any atom is 0.335 e. The van der Waals surface area contributed by atoms with Crippen LogP contribution in [0.4, 0.5) is 5.69 Å². The number of nitrogens with zero attached hydrogens (tertiary/aromatic N) is 3. The molecule has 2 aromatic carbocycles. The Hall–Kier alpha value is -3.92. The molecule has 0 aliphatic carbocycles. The highest BCUT2D eigenvalue weighted by Gasteiger charge is 2.19. The standard InChI is InChI=1S/C27H35N5O5/c1-16(2)21-9-7-20(8-10-21)15-31-25(29-22-11-12-23(18(5)13-22)36-17(3)4)30-26(34)32(27(31)35)14-19(6)24(33)37-28/h7-13,16-17,19H,14-15,28H2,1-6H3,(H,29,30,34)/t19-/m0/s1. The molecule has 0 amide bonds. The molecule has 1 atom stereocenters. The molecule has 0 saturated carbocycles. The Kier molecular flexibility index (Phi) is 8.88. The summed E-state index contributed by atoms with van der Waals surface area (Å²) in [5.74, 6) is 4.55. The summed E-state index contributed by atoms with van der Waals surface area (Å²) in [6, 6.07) is 13.3. The number of hydrogen-bond donors (Lipinski definition) is 2. The number of aromatic nitrogens is 3. The van der Waals surface area contributed by atoms with Gasteiger partial charge in [0.25, 0.3) is 0 Å². The first-order valence-corrected chi connectivity index (χ1v) is 12.3. The molecule has 0 aliphatic rings. The van der Waals surface area contributed by atoms with E-state index in [1.165, 1.54) is 17.1 Å². The van der Waals surface area contributed by atoms with Crippen molar-refractivity contribution >= 4 is 11.7 Å². The summed E-state index contributed by atoms with van der Waals surface area (Å²) >= 11 is 0. The predicted molar refractivity (Wildman–Crippen MR) is 141 cm³/mol. The number of carbonyl (C=O) groups excluding carboxylic acids is 1.